The second-order valence-corrected chi connectivity index (χ2v) is 4.62. The highest BCUT2D eigenvalue weighted by Crippen LogP contribution is 2.35. The Morgan fingerprint density at radius 3 is 2.84 bits per heavy atom. The van der Waals surface area contributed by atoms with Gasteiger partial charge in [-0.3, -0.25) is 4.79 Å². The molecule has 19 heavy (non-hydrogen) atoms. The highest BCUT2D eigenvalue weighted by atomic mass is 16.5. The van der Waals surface area contributed by atoms with E-state index in [2.05, 4.69) is 23.1 Å². The normalized spacial score (nSPS) is 13.2. The molecule has 2 aromatic carbocycles. The number of carbonyl (C=O) groups excluding carboxylic acids is 1. The van der Waals surface area contributed by atoms with Gasteiger partial charge in [0.25, 0.3) is 0 Å². The monoisotopic (exact) mass is 253 g/mol. The number of esters is 1. The van der Waals surface area contributed by atoms with Crippen molar-refractivity contribution in [1.82, 2.24) is 0 Å². The second kappa shape index (κ2) is 4.76. The van der Waals surface area contributed by atoms with E-state index in [4.69, 9.17) is 4.74 Å². The molecule has 3 rings (SSSR count). The smallest absolute Gasteiger partial charge is 0.308 e. The minimum atomic E-state index is -0.293. The molecule has 0 radical (unpaired) electrons. The summed E-state index contributed by atoms with van der Waals surface area (Å²) in [5.41, 5.74) is 3.66. The van der Waals surface area contributed by atoms with Crippen LogP contribution in [0.1, 0.15) is 12.5 Å². The fraction of sp³-hybridized carbons (Fsp3) is 0.188. The van der Waals surface area contributed by atoms with Crippen LogP contribution in [-0.4, -0.2) is 12.5 Å². The van der Waals surface area contributed by atoms with Crippen molar-refractivity contribution in [2.75, 3.05) is 11.4 Å². The van der Waals surface area contributed by atoms with Crippen LogP contribution >= 0.6 is 0 Å². The predicted octanol–water partition coefficient (Wildman–Crippen LogP) is 3.31. The summed E-state index contributed by atoms with van der Waals surface area (Å²) in [5.74, 6) is 0.299. The topological polar surface area (TPSA) is 29.5 Å². The third kappa shape index (κ3) is 2.32. The van der Waals surface area contributed by atoms with Gasteiger partial charge in [0.05, 0.1) is 0 Å². The Hall–Kier alpha value is -2.29. The zero-order valence-corrected chi connectivity index (χ0v) is 10.8. The van der Waals surface area contributed by atoms with Crippen LogP contribution in [-0.2, 0) is 11.2 Å². The largest absolute Gasteiger partial charge is 0.427 e. The number of hydrogen-bond acceptors (Lipinski definition) is 3. The highest BCUT2D eigenvalue weighted by Gasteiger charge is 2.19. The molecule has 3 heteroatoms. The van der Waals surface area contributed by atoms with Crippen molar-refractivity contribution in [3.63, 3.8) is 0 Å². The Balaban J connectivity index is 1.93. The molecule has 3 nitrogen and oxygen atoms in total. The Labute approximate surface area is 112 Å². The van der Waals surface area contributed by atoms with Crippen LogP contribution in [0.3, 0.4) is 0 Å². The molecule has 1 aliphatic rings. The van der Waals surface area contributed by atoms with E-state index in [0.717, 1.165) is 18.7 Å². The van der Waals surface area contributed by atoms with Crippen molar-refractivity contribution in [3.05, 3.63) is 54.1 Å². The summed E-state index contributed by atoms with van der Waals surface area (Å²) in [6, 6.07) is 16.1. The van der Waals surface area contributed by atoms with Crippen molar-refractivity contribution in [2.24, 2.45) is 0 Å². The Morgan fingerprint density at radius 2 is 2.00 bits per heavy atom. The Kier molecular flexibility index (Phi) is 2.95. The van der Waals surface area contributed by atoms with Gasteiger partial charge in [0.15, 0.2) is 0 Å². The minimum absolute atomic E-state index is 0.293. The molecule has 0 bridgehead atoms. The van der Waals surface area contributed by atoms with Gasteiger partial charge in [-0.15, -0.1) is 0 Å². The van der Waals surface area contributed by atoms with Gasteiger partial charge in [-0.05, 0) is 30.2 Å². The number of rotatable bonds is 2. The van der Waals surface area contributed by atoms with Gasteiger partial charge in [-0.1, -0.05) is 24.3 Å². The lowest BCUT2D eigenvalue weighted by atomic mass is 10.2. The van der Waals surface area contributed by atoms with Gasteiger partial charge in [0.1, 0.15) is 5.75 Å². The summed E-state index contributed by atoms with van der Waals surface area (Å²) >= 11 is 0. The van der Waals surface area contributed by atoms with Crippen molar-refractivity contribution >= 4 is 17.3 Å². The van der Waals surface area contributed by atoms with Gasteiger partial charge < -0.3 is 9.64 Å². The van der Waals surface area contributed by atoms with E-state index in [9.17, 15) is 4.79 Å². The van der Waals surface area contributed by atoms with Gasteiger partial charge in [-0.2, -0.15) is 0 Å². The Bertz CT molecular complexity index is 622. The molecule has 1 heterocycles. The minimum Gasteiger partial charge on any atom is -0.427 e. The van der Waals surface area contributed by atoms with Crippen LogP contribution < -0.4 is 9.64 Å². The molecule has 0 spiro atoms. The van der Waals surface area contributed by atoms with Gasteiger partial charge in [-0.25, -0.2) is 0 Å². The van der Waals surface area contributed by atoms with Crippen LogP contribution in [0.25, 0.3) is 0 Å². The number of carbonyl (C=O) groups is 1. The summed E-state index contributed by atoms with van der Waals surface area (Å²) in [6.45, 7) is 2.38. The third-order valence-electron chi connectivity index (χ3n) is 3.28. The fourth-order valence-electron chi connectivity index (χ4n) is 2.49. The van der Waals surface area contributed by atoms with Gasteiger partial charge in [0, 0.05) is 30.9 Å². The van der Waals surface area contributed by atoms with E-state index >= 15 is 0 Å². The molecule has 0 aliphatic carbocycles. The molecule has 0 N–H and O–H groups in total. The molecule has 0 saturated heterocycles. The van der Waals surface area contributed by atoms with E-state index in [1.165, 1.54) is 18.2 Å². The lowest BCUT2D eigenvalue weighted by molar-refractivity contribution is -0.131. The number of anilines is 2. The number of para-hydroxylation sites is 1. The maximum atomic E-state index is 11.0. The molecule has 0 saturated carbocycles. The lowest BCUT2D eigenvalue weighted by Crippen LogP contribution is -2.13. The van der Waals surface area contributed by atoms with E-state index in [-0.39, 0.29) is 5.97 Å². The van der Waals surface area contributed by atoms with Crippen LogP contribution in [0.2, 0.25) is 0 Å². The molecule has 96 valence electrons. The average molecular weight is 253 g/mol. The molecule has 0 aromatic heterocycles. The summed E-state index contributed by atoms with van der Waals surface area (Å²) in [4.78, 5) is 13.3. The molecule has 0 amide bonds. The quantitative estimate of drug-likeness (QED) is 0.607. The maximum Gasteiger partial charge on any atom is 0.308 e. The summed E-state index contributed by atoms with van der Waals surface area (Å²) < 4.78 is 5.14. The van der Waals surface area contributed by atoms with Crippen molar-refractivity contribution in [1.29, 1.82) is 0 Å². The number of benzene rings is 2. The van der Waals surface area contributed by atoms with Crippen LogP contribution in [0, 0.1) is 0 Å². The first-order chi connectivity index (χ1) is 9.24. The Morgan fingerprint density at radius 1 is 1.16 bits per heavy atom. The molecule has 2 aromatic rings. The van der Waals surface area contributed by atoms with Crippen LogP contribution in [0.5, 0.6) is 5.75 Å². The third-order valence-corrected chi connectivity index (χ3v) is 3.28. The number of hydrogen-bond donors (Lipinski definition) is 0. The molecular weight excluding hydrogens is 238 g/mol. The number of ether oxygens (including phenoxy) is 1. The van der Waals surface area contributed by atoms with E-state index in [0.29, 0.717) is 5.75 Å². The van der Waals surface area contributed by atoms with Crippen molar-refractivity contribution in [2.45, 2.75) is 13.3 Å². The standard InChI is InChI=1S/C16H15NO2/c1-12(18)19-15-7-4-6-14(11-15)17-10-9-13-5-2-3-8-16(13)17/h2-8,11H,9-10H2,1H3. The van der Waals surface area contributed by atoms with Crippen molar-refractivity contribution in [3.8, 4) is 5.75 Å². The number of fused-ring (bicyclic) bond motifs is 1. The van der Waals surface area contributed by atoms with E-state index in [1.807, 2.05) is 24.3 Å². The second-order valence-electron chi connectivity index (χ2n) is 4.62. The lowest BCUT2D eigenvalue weighted by Gasteiger charge is -2.20. The summed E-state index contributed by atoms with van der Waals surface area (Å²) in [5, 5.41) is 0. The first-order valence-corrected chi connectivity index (χ1v) is 6.38. The SMILES string of the molecule is CC(=O)Oc1cccc(N2CCc3ccccc32)c1. The molecule has 0 atom stereocenters. The molecule has 0 fully saturated rings. The zero-order valence-electron chi connectivity index (χ0n) is 10.8. The molecular formula is C16H15NO2. The summed E-state index contributed by atoms with van der Waals surface area (Å²) in [7, 11) is 0. The summed E-state index contributed by atoms with van der Waals surface area (Å²) in [6.07, 6.45) is 1.05. The van der Waals surface area contributed by atoms with Gasteiger partial charge in [0.2, 0.25) is 0 Å². The molecule has 1 aliphatic heterocycles. The highest BCUT2D eigenvalue weighted by molar-refractivity contribution is 5.73. The van der Waals surface area contributed by atoms with Crippen molar-refractivity contribution < 1.29 is 9.53 Å². The molecule has 0 unspecified atom stereocenters. The first kappa shape index (κ1) is 11.8. The predicted molar refractivity (Wildman–Crippen MR) is 74.9 cm³/mol. The average Bonchev–Trinajstić information content (AvgIpc) is 2.82. The van der Waals surface area contributed by atoms with Crippen LogP contribution in [0.15, 0.2) is 48.5 Å². The maximum absolute atomic E-state index is 11.0. The zero-order chi connectivity index (χ0) is 13.2. The first-order valence-electron chi connectivity index (χ1n) is 6.38. The van der Waals surface area contributed by atoms with Gasteiger partial charge >= 0.3 is 5.97 Å². The fourth-order valence-corrected chi connectivity index (χ4v) is 2.49. The number of nitrogens with zero attached hydrogens (tertiary/aromatic N) is 1. The van der Waals surface area contributed by atoms with E-state index < -0.39 is 0 Å². The van der Waals surface area contributed by atoms with E-state index in [1.54, 1.807) is 6.07 Å². The van der Waals surface area contributed by atoms with Crippen LogP contribution in [0.4, 0.5) is 11.4 Å².